The van der Waals surface area contributed by atoms with Crippen molar-refractivity contribution in [2.75, 3.05) is 26.1 Å². The van der Waals surface area contributed by atoms with Gasteiger partial charge >= 0.3 is 0 Å². The standard InChI is InChI=1S/C30H28N4O3/c1-35-26-18-22(19-27(36-2)28(26)37-20-21-8-4-3-5-9-21)12-17-32-30-24-10-6-7-11-25(24)33-29(34-30)23-13-15-31-16-14-23/h3-11,13-16,18-19H,12,17,20H2,1-2H3,(H,32,33,34). The lowest BCUT2D eigenvalue weighted by atomic mass is 10.1. The molecule has 0 aliphatic carbocycles. The molecule has 0 spiro atoms. The largest absolute Gasteiger partial charge is 0.493 e. The molecule has 0 aliphatic rings. The monoisotopic (exact) mass is 492 g/mol. The second-order valence-electron chi connectivity index (χ2n) is 8.43. The highest BCUT2D eigenvalue weighted by Crippen LogP contribution is 2.39. The van der Waals surface area contributed by atoms with Crippen molar-refractivity contribution >= 4 is 16.7 Å². The number of ether oxygens (including phenoxy) is 3. The third-order valence-electron chi connectivity index (χ3n) is 5.99. The van der Waals surface area contributed by atoms with Gasteiger partial charge in [0.2, 0.25) is 5.75 Å². The molecule has 1 N–H and O–H groups in total. The summed E-state index contributed by atoms with van der Waals surface area (Å²) >= 11 is 0. The predicted octanol–water partition coefficient (Wildman–Crippen LogP) is 5.94. The van der Waals surface area contributed by atoms with Gasteiger partial charge < -0.3 is 19.5 Å². The van der Waals surface area contributed by atoms with Crippen LogP contribution in [-0.4, -0.2) is 35.7 Å². The fourth-order valence-electron chi connectivity index (χ4n) is 4.12. The molecule has 2 heterocycles. The molecule has 0 saturated heterocycles. The number of pyridine rings is 1. The third kappa shape index (κ3) is 5.62. The second kappa shape index (κ2) is 11.4. The molecule has 37 heavy (non-hydrogen) atoms. The Balaban J connectivity index is 1.34. The number of fused-ring (bicyclic) bond motifs is 1. The van der Waals surface area contributed by atoms with Crippen LogP contribution in [0.2, 0.25) is 0 Å². The summed E-state index contributed by atoms with van der Waals surface area (Å²) in [6.45, 7) is 1.09. The maximum Gasteiger partial charge on any atom is 0.203 e. The highest BCUT2D eigenvalue weighted by atomic mass is 16.5. The number of anilines is 1. The average Bonchev–Trinajstić information content (AvgIpc) is 2.96. The van der Waals surface area contributed by atoms with Crippen molar-refractivity contribution in [2.24, 2.45) is 0 Å². The van der Waals surface area contributed by atoms with E-state index in [0.717, 1.165) is 39.8 Å². The van der Waals surface area contributed by atoms with E-state index in [9.17, 15) is 0 Å². The normalized spacial score (nSPS) is 10.8. The molecule has 0 fully saturated rings. The van der Waals surface area contributed by atoms with Gasteiger partial charge in [-0.2, -0.15) is 0 Å². The Kier molecular flexibility index (Phi) is 7.41. The third-order valence-corrected chi connectivity index (χ3v) is 5.99. The summed E-state index contributed by atoms with van der Waals surface area (Å²) in [5.41, 5.74) is 3.93. The molecule has 5 rings (SSSR count). The van der Waals surface area contributed by atoms with Gasteiger partial charge in [-0.25, -0.2) is 9.97 Å². The number of benzene rings is 3. The highest BCUT2D eigenvalue weighted by molar-refractivity contribution is 5.90. The Morgan fingerprint density at radius 2 is 1.46 bits per heavy atom. The lowest BCUT2D eigenvalue weighted by Gasteiger charge is -2.17. The van der Waals surface area contributed by atoms with E-state index in [2.05, 4.69) is 10.3 Å². The number of aromatic nitrogens is 3. The molecule has 0 saturated carbocycles. The number of rotatable bonds is 10. The minimum Gasteiger partial charge on any atom is -0.493 e. The van der Waals surface area contributed by atoms with Gasteiger partial charge in [0.15, 0.2) is 17.3 Å². The first-order valence-corrected chi connectivity index (χ1v) is 12.1. The van der Waals surface area contributed by atoms with E-state index in [0.29, 0.717) is 36.2 Å². The molecular weight excluding hydrogens is 464 g/mol. The Labute approximate surface area is 216 Å². The van der Waals surface area contributed by atoms with E-state index in [1.807, 2.05) is 78.9 Å². The van der Waals surface area contributed by atoms with Gasteiger partial charge in [-0.1, -0.05) is 42.5 Å². The summed E-state index contributed by atoms with van der Waals surface area (Å²) in [7, 11) is 3.28. The number of nitrogens with zero attached hydrogens (tertiary/aromatic N) is 3. The van der Waals surface area contributed by atoms with Crippen LogP contribution in [0, 0.1) is 0 Å². The zero-order chi connectivity index (χ0) is 25.5. The molecule has 0 amide bonds. The lowest BCUT2D eigenvalue weighted by molar-refractivity contribution is 0.265. The topological polar surface area (TPSA) is 78.4 Å². The average molecular weight is 493 g/mol. The van der Waals surface area contributed by atoms with Gasteiger partial charge in [-0.3, -0.25) is 4.98 Å². The smallest absolute Gasteiger partial charge is 0.203 e. The molecular formula is C30H28N4O3. The van der Waals surface area contributed by atoms with E-state index >= 15 is 0 Å². The van der Waals surface area contributed by atoms with Crippen molar-refractivity contribution < 1.29 is 14.2 Å². The molecule has 0 atom stereocenters. The fourth-order valence-corrected chi connectivity index (χ4v) is 4.12. The zero-order valence-electron chi connectivity index (χ0n) is 20.8. The molecule has 2 aromatic heterocycles. The van der Waals surface area contributed by atoms with Gasteiger partial charge in [0.25, 0.3) is 0 Å². The van der Waals surface area contributed by atoms with E-state index in [1.165, 1.54) is 0 Å². The summed E-state index contributed by atoms with van der Waals surface area (Å²) in [6, 6.07) is 25.8. The van der Waals surface area contributed by atoms with Gasteiger partial charge in [0.05, 0.1) is 19.7 Å². The Morgan fingerprint density at radius 1 is 0.757 bits per heavy atom. The minimum atomic E-state index is 0.426. The summed E-state index contributed by atoms with van der Waals surface area (Å²) in [4.78, 5) is 13.7. The van der Waals surface area contributed by atoms with Crippen molar-refractivity contribution in [1.82, 2.24) is 15.0 Å². The molecule has 3 aromatic carbocycles. The van der Waals surface area contributed by atoms with Crippen molar-refractivity contribution in [3.63, 3.8) is 0 Å². The van der Waals surface area contributed by atoms with Crippen molar-refractivity contribution in [3.05, 3.63) is 102 Å². The van der Waals surface area contributed by atoms with Gasteiger partial charge in [-0.05, 0) is 53.9 Å². The Bertz CT molecular complexity index is 1450. The van der Waals surface area contributed by atoms with Crippen LogP contribution in [-0.2, 0) is 13.0 Å². The quantitative estimate of drug-likeness (QED) is 0.258. The van der Waals surface area contributed by atoms with E-state index in [-0.39, 0.29) is 0 Å². The van der Waals surface area contributed by atoms with Crippen LogP contribution >= 0.6 is 0 Å². The first-order valence-electron chi connectivity index (χ1n) is 12.1. The summed E-state index contributed by atoms with van der Waals surface area (Å²) in [6.07, 6.45) is 4.22. The van der Waals surface area contributed by atoms with Crippen LogP contribution in [0.25, 0.3) is 22.3 Å². The van der Waals surface area contributed by atoms with Gasteiger partial charge in [-0.15, -0.1) is 0 Å². The van der Waals surface area contributed by atoms with E-state index < -0.39 is 0 Å². The van der Waals surface area contributed by atoms with Crippen molar-refractivity contribution in [3.8, 4) is 28.6 Å². The van der Waals surface area contributed by atoms with E-state index in [4.69, 9.17) is 24.2 Å². The number of nitrogens with one attached hydrogen (secondary N) is 1. The highest BCUT2D eigenvalue weighted by Gasteiger charge is 2.15. The van der Waals surface area contributed by atoms with Crippen molar-refractivity contribution in [1.29, 1.82) is 0 Å². The molecule has 7 nitrogen and oxygen atoms in total. The number of para-hydroxylation sites is 1. The summed E-state index contributed by atoms with van der Waals surface area (Å²) in [5, 5.41) is 4.48. The molecule has 5 aromatic rings. The van der Waals surface area contributed by atoms with E-state index in [1.54, 1.807) is 26.6 Å². The molecule has 0 unspecified atom stereocenters. The molecule has 7 heteroatoms. The first kappa shape index (κ1) is 24.1. The minimum absolute atomic E-state index is 0.426. The lowest BCUT2D eigenvalue weighted by Crippen LogP contribution is -2.09. The van der Waals surface area contributed by atoms with Crippen molar-refractivity contribution in [2.45, 2.75) is 13.0 Å². The van der Waals surface area contributed by atoms with Crippen LogP contribution in [0.3, 0.4) is 0 Å². The number of methoxy groups -OCH3 is 2. The first-order chi connectivity index (χ1) is 18.2. The summed E-state index contributed by atoms with van der Waals surface area (Å²) in [5.74, 6) is 3.32. The summed E-state index contributed by atoms with van der Waals surface area (Å²) < 4.78 is 17.4. The number of hydrogen-bond donors (Lipinski definition) is 1. The van der Waals surface area contributed by atoms with Crippen LogP contribution < -0.4 is 19.5 Å². The Morgan fingerprint density at radius 3 is 2.19 bits per heavy atom. The van der Waals surface area contributed by atoms with Crippen LogP contribution in [0.15, 0.2) is 91.3 Å². The molecule has 0 aliphatic heterocycles. The number of hydrogen-bond acceptors (Lipinski definition) is 7. The zero-order valence-corrected chi connectivity index (χ0v) is 20.8. The Hall–Kier alpha value is -4.65. The maximum absolute atomic E-state index is 6.08. The molecule has 0 radical (unpaired) electrons. The van der Waals surface area contributed by atoms with Crippen LogP contribution in [0.1, 0.15) is 11.1 Å². The fraction of sp³-hybridized carbons (Fsp3) is 0.167. The van der Waals surface area contributed by atoms with Gasteiger partial charge in [0.1, 0.15) is 12.4 Å². The predicted molar refractivity (Wildman–Crippen MR) is 145 cm³/mol. The maximum atomic E-state index is 6.08. The second-order valence-corrected chi connectivity index (χ2v) is 8.43. The van der Waals surface area contributed by atoms with Crippen LogP contribution in [0.5, 0.6) is 17.2 Å². The SMILES string of the molecule is COc1cc(CCNc2nc(-c3ccncc3)nc3ccccc23)cc(OC)c1OCc1ccccc1. The molecule has 0 bridgehead atoms. The molecule has 186 valence electrons. The van der Waals surface area contributed by atoms with Crippen LogP contribution in [0.4, 0.5) is 5.82 Å². The van der Waals surface area contributed by atoms with Gasteiger partial charge in [0, 0.05) is 29.9 Å².